The Labute approximate surface area is 117 Å². The third-order valence-electron chi connectivity index (χ3n) is 2.61. The number of amides is 1. The van der Waals surface area contributed by atoms with Crippen LogP contribution >= 0.6 is 15.9 Å². The molecule has 0 aliphatic carbocycles. The van der Waals surface area contributed by atoms with Gasteiger partial charge in [0.15, 0.2) is 0 Å². The van der Waals surface area contributed by atoms with Gasteiger partial charge in [0, 0.05) is 17.4 Å². The molecule has 1 amide bonds. The molecular formula is C14H20BrNO2. The molecule has 0 radical (unpaired) electrons. The van der Waals surface area contributed by atoms with E-state index in [9.17, 15) is 9.90 Å². The Hall–Kier alpha value is -0.870. The molecule has 0 spiro atoms. The fourth-order valence-corrected chi connectivity index (χ4v) is 2.06. The summed E-state index contributed by atoms with van der Waals surface area (Å²) in [7, 11) is 0. The van der Waals surface area contributed by atoms with Crippen molar-refractivity contribution < 1.29 is 9.90 Å². The number of carbonyl (C=O) groups is 1. The number of halogens is 1. The van der Waals surface area contributed by atoms with E-state index in [0.717, 1.165) is 10.9 Å². The Bertz CT molecular complexity index is 376. The summed E-state index contributed by atoms with van der Waals surface area (Å²) in [6, 6.07) is 7.41. The highest BCUT2D eigenvalue weighted by atomic mass is 79.9. The largest absolute Gasteiger partial charge is 0.391 e. The lowest BCUT2D eigenvalue weighted by atomic mass is 10.1. The summed E-state index contributed by atoms with van der Waals surface area (Å²) < 4.78 is 0. The van der Waals surface area contributed by atoms with Gasteiger partial charge in [0.2, 0.25) is 0 Å². The molecule has 1 atom stereocenters. The molecule has 0 aliphatic heterocycles. The van der Waals surface area contributed by atoms with Gasteiger partial charge in [0.25, 0.3) is 5.91 Å². The van der Waals surface area contributed by atoms with Crippen molar-refractivity contribution in [2.45, 2.75) is 31.7 Å². The minimum atomic E-state index is -0.476. The van der Waals surface area contributed by atoms with E-state index in [1.54, 1.807) is 12.1 Å². The summed E-state index contributed by atoms with van der Waals surface area (Å²) in [5, 5.41) is 13.2. The molecule has 100 valence electrons. The molecule has 0 aliphatic rings. The number of hydrogen-bond acceptors (Lipinski definition) is 2. The molecule has 2 N–H and O–H groups in total. The Kier molecular flexibility index (Phi) is 6.36. The molecule has 4 heteroatoms. The summed E-state index contributed by atoms with van der Waals surface area (Å²) in [5.41, 5.74) is 1.75. The lowest BCUT2D eigenvalue weighted by Gasteiger charge is -2.13. The average Bonchev–Trinajstić information content (AvgIpc) is 2.35. The SMILES string of the molecule is CC(C)CC(O)CNC(=O)c1ccc(CBr)cc1. The number of alkyl halides is 1. The van der Waals surface area contributed by atoms with Crippen LogP contribution < -0.4 is 5.32 Å². The van der Waals surface area contributed by atoms with Gasteiger partial charge in [-0.2, -0.15) is 0 Å². The fourth-order valence-electron chi connectivity index (χ4n) is 1.69. The number of benzene rings is 1. The summed E-state index contributed by atoms with van der Waals surface area (Å²) in [6.07, 6.45) is 0.221. The molecular weight excluding hydrogens is 294 g/mol. The fraction of sp³-hybridized carbons (Fsp3) is 0.500. The van der Waals surface area contributed by atoms with Crippen LogP contribution in [-0.2, 0) is 5.33 Å². The van der Waals surface area contributed by atoms with Crippen LogP contribution in [0, 0.1) is 5.92 Å². The van der Waals surface area contributed by atoms with Crippen molar-refractivity contribution in [3.63, 3.8) is 0 Å². The quantitative estimate of drug-likeness (QED) is 0.793. The maximum absolute atomic E-state index is 11.8. The number of aliphatic hydroxyl groups excluding tert-OH is 1. The van der Waals surface area contributed by atoms with Crippen molar-refractivity contribution in [2.24, 2.45) is 5.92 Å². The van der Waals surface area contributed by atoms with Gasteiger partial charge in [-0.3, -0.25) is 4.79 Å². The smallest absolute Gasteiger partial charge is 0.251 e. The van der Waals surface area contributed by atoms with Gasteiger partial charge in [0.05, 0.1) is 6.10 Å². The minimum Gasteiger partial charge on any atom is -0.391 e. The first-order chi connectivity index (χ1) is 8.52. The second-order valence-electron chi connectivity index (χ2n) is 4.82. The van der Waals surface area contributed by atoms with Crippen LogP contribution in [0.1, 0.15) is 36.2 Å². The number of aliphatic hydroxyl groups is 1. The van der Waals surface area contributed by atoms with Crippen molar-refractivity contribution in [2.75, 3.05) is 6.54 Å². The van der Waals surface area contributed by atoms with Crippen LogP contribution in [0.4, 0.5) is 0 Å². The zero-order chi connectivity index (χ0) is 13.5. The van der Waals surface area contributed by atoms with E-state index in [4.69, 9.17) is 0 Å². The van der Waals surface area contributed by atoms with Crippen LogP contribution in [0.3, 0.4) is 0 Å². The van der Waals surface area contributed by atoms with Crippen LogP contribution in [0.15, 0.2) is 24.3 Å². The lowest BCUT2D eigenvalue weighted by molar-refractivity contribution is 0.0900. The standard InChI is InChI=1S/C14H20BrNO2/c1-10(2)7-13(17)9-16-14(18)12-5-3-11(8-15)4-6-12/h3-6,10,13,17H,7-9H2,1-2H3,(H,16,18). The number of carbonyl (C=O) groups excluding carboxylic acids is 1. The first-order valence-electron chi connectivity index (χ1n) is 6.14. The van der Waals surface area contributed by atoms with Crippen molar-refractivity contribution in [3.05, 3.63) is 35.4 Å². The van der Waals surface area contributed by atoms with E-state index >= 15 is 0 Å². The number of rotatable bonds is 6. The Morgan fingerprint density at radius 2 is 1.94 bits per heavy atom. The molecule has 1 unspecified atom stereocenters. The predicted octanol–water partition coefficient (Wildman–Crippen LogP) is 2.72. The maximum atomic E-state index is 11.8. The Morgan fingerprint density at radius 1 is 1.33 bits per heavy atom. The van der Waals surface area contributed by atoms with Gasteiger partial charge in [-0.05, 0) is 30.0 Å². The summed E-state index contributed by atoms with van der Waals surface area (Å²) in [6.45, 7) is 4.39. The van der Waals surface area contributed by atoms with Crippen molar-refractivity contribution in [1.82, 2.24) is 5.32 Å². The third kappa shape index (κ3) is 5.19. The zero-order valence-corrected chi connectivity index (χ0v) is 12.4. The van der Waals surface area contributed by atoms with Gasteiger partial charge < -0.3 is 10.4 Å². The highest BCUT2D eigenvalue weighted by Gasteiger charge is 2.10. The topological polar surface area (TPSA) is 49.3 Å². The van der Waals surface area contributed by atoms with E-state index in [0.29, 0.717) is 24.4 Å². The molecule has 0 heterocycles. The summed E-state index contributed by atoms with van der Waals surface area (Å²) in [5.74, 6) is 0.286. The van der Waals surface area contributed by atoms with Crippen molar-refractivity contribution in [1.29, 1.82) is 0 Å². The monoisotopic (exact) mass is 313 g/mol. The van der Waals surface area contributed by atoms with Gasteiger partial charge >= 0.3 is 0 Å². The molecule has 0 fully saturated rings. The van der Waals surface area contributed by atoms with E-state index in [-0.39, 0.29) is 5.91 Å². The van der Waals surface area contributed by atoms with Gasteiger partial charge in [-0.1, -0.05) is 41.9 Å². The molecule has 1 rings (SSSR count). The van der Waals surface area contributed by atoms with Crippen molar-refractivity contribution >= 4 is 21.8 Å². The predicted molar refractivity (Wildman–Crippen MR) is 76.9 cm³/mol. The Morgan fingerprint density at radius 3 is 2.44 bits per heavy atom. The molecule has 0 saturated heterocycles. The Balaban J connectivity index is 2.44. The number of hydrogen-bond donors (Lipinski definition) is 2. The molecule has 1 aromatic rings. The summed E-state index contributed by atoms with van der Waals surface area (Å²) in [4.78, 5) is 11.8. The molecule has 3 nitrogen and oxygen atoms in total. The maximum Gasteiger partial charge on any atom is 0.251 e. The van der Waals surface area contributed by atoms with Gasteiger partial charge in [-0.25, -0.2) is 0 Å². The number of nitrogens with one attached hydrogen (secondary N) is 1. The van der Waals surface area contributed by atoms with E-state index in [2.05, 4.69) is 21.2 Å². The minimum absolute atomic E-state index is 0.140. The van der Waals surface area contributed by atoms with Crippen LogP contribution in [-0.4, -0.2) is 23.7 Å². The first kappa shape index (κ1) is 15.2. The zero-order valence-electron chi connectivity index (χ0n) is 10.8. The van der Waals surface area contributed by atoms with E-state index < -0.39 is 6.10 Å². The molecule has 18 heavy (non-hydrogen) atoms. The highest BCUT2D eigenvalue weighted by Crippen LogP contribution is 2.08. The molecule has 0 saturated carbocycles. The molecule has 1 aromatic carbocycles. The van der Waals surface area contributed by atoms with Crippen molar-refractivity contribution in [3.8, 4) is 0 Å². The summed E-state index contributed by atoms with van der Waals surface area (Å²) >= 11 is 3.36. The van der Waals surface area contributed by atoms with E-state index in [1.165, 1.54) is 0 Å². The normalized spacial score (nSPS) is 12.5. The van der Waals surface area contributed by atoms with Crippen LogP contribution in [0.2, 0.25) is 0 Å². The third-order valence-corrected chi connectivity index (χ3v) is 3.26. The lowest BCUT2D eigenvalue weighted by Crippen LogP contribution is -2.32. The first-order valence-corrected chi connectivity index (χ1v) is 7.26. The molecule has 0 aromatic heterocycles. The second-order valence-corrected chi connectivity index (χ2v) is 5.38. The van der Waals surface area contributed by atoms with Crippen LogP contribution in [0.25, 0.3) is 0 Å². The van der Waals surface area contributed by atoms with Crippen LogP contribution in [0.5, 0.6) is 0 Å². The highest BCUT2D eigenvalue weighted by molar-refractivity contribution is 9.08. The van der Waals surface area contributed by atoms with E-state index in [1.807, 2.05) is 26.0 Å². The second kappa shape index (κ2) is 7.54. The average molecular weight is 314 g/mol. The van der Waals surface area contributed by atoms with Gasteiger partial charge in [-0.15, -0.1) is 0 Å². The van der Waals surface area contributed by atoms with Gasteiger partial charge in [0.1, 0.15) is 0 Å². The molecule has 0 bridgehead atoms.